The minimum absolute atomic E-state index is 0.0788. The maximum atomic E-state index is 13.6. The average Bonchev–Trinajstić information content (AvgIpc) is 2.41. The van der Waals surface area contributed by atoms with E-state index in [1.165, 1.54) is 31.9 Å². The van der Waals surface area contributed by atoms with Crippen molar-refractivity contribution in [2.45, 2.75) is 44.7 Å². The Balaban J connectivity index is 1.77. The zero-order valence-corrected chi connectivity index (χ0v) is 12.0. The molecular weight excluding hydrogens is 239 g/mol. The van der Waals surface area contributed by atoms with E-state index in [9.17, 15) is 4.39 Å². The van der Waals surface area contributed by atoms with Gasteiger partial charge in [-0.2, -0.15) is 0 Å². The summed E-state index contributed by atoms with van der Waals surface area (Å²) in [7, 11) is 2.21. The fraction of sp³-hybridized carbons (Fsp3) is 0.625. The zero-order chi connectivity index (χ0) is 13.7. The Hall–Kier alpha value is -0.930. The molecule has 1 fully saturated rings. The van der Waals surface area contributed by atoms with Crippen LogP contribution in [0.25, 0.3) is 0 Å². The minimum atomic E-state index is -0.114. The van der Waals surface area contributed by atoms with E-state index in [0.717, 1.165) is 18.5 Å². The molecule has 1 saturated heterocycles. The lowest BCUT2D eigenvalue weighted by atomic mass is 10.00. The van der Waals surface area contributed by atoms with Crippen molar-refractivity contribution in [2.75, 3.05) is 20.1 Å². The van der Waals surface area contributed by atoms with E-state index >= 15 is 0 Å². The molecule has 0 radical (unpaired) electrons. The Morgan fingerprint density at radius 2 is 2.16 bits per heavy atom. The lowest BCUT2D eigenvalue weighted by molar-refractivity contribution is 0.174. The minimum Gasteiger partial charge on any atom is -0.310 e. The molecule has 0 aliphatic carbocycles. The number of benzene rings is 1. The molecule has 2 rings (SSSR count). The van der Waals surface area contributed by atoms with Gasteiger partial charge in [-0.25, -0.2) is 4.39 Å². The summed E-state index contributed by atoms with van der Waals surface area (Å²) in [5, 5.41) is 3.44. The third kappa shape index (κ3) is 4.02. The SMILES string of the molecule is CC(NCCC1CCCCN1C)c1ccccc1F. The van der Waals surface area contributed by atoms with E-state index in [1.807, 2.05) is 19.1 Å². The van der Waals surface area contributed by atoms with Gasteiger partial charge < -0.3 is 10.2 Å². The average molecular weight is 264 g/mol. The molecule has 19 heavy (non-hydrogen) atoms. The molecule has 1 aliphatic heterocycles. The molecule has 0 aromatic heterocycles. The highest BCUT2D eigenvalue weighted by Crippen LogP contribution is 2.19. The fourth-order valence-electron chi connectivity index (χ4n) is 2.91. The van der Waals surface area contributed by atoms with Gasteiger partial charge in [-0.15, -0.1) is 0 Å². The first-order chi connectivity index (χ1) is 9.18. The van der Waals surface area contributed by atoms with Crippen LogP contribution in [-0.4, -0.2) is 31.1 Å². The molecule has 1 N–H and O–H groups in total. The molecule has 106 valence electrons. The van der Waals surface area contributed by atoms with Crippen molar-refractivity contribution in [3.63, 3.8) is 0 Å². The Labute approximate surface area is 116 Å². The van der Waals surface area contributed by atoms with E-state index in [4.69, 9.17) is 0 Å². The Morgan fingerprint density at radius 1 is 1.37 bits per heavy atom. The summed E-state index contributed by atoms with van der Waals surface area (Å²) < 4.78 is 13.6. The van der Waals surface area contributed by atoms with Crippen LogP contribution in [0.15, 0.2) is 24.3 Å². The first-order valence-corrected chi connectivity index (χ1v) is 7.36. The number of hydrogen-bond donors (Lipinski definition) is 1. The van der Waals surface area contributed by atoms with E-state index < -0.39 is 0 Å². The number of likely N-dealkylation sites (tertiary alicyclic amines) is 1. The molecule has 1 heterocycles. The van der Waals surface area contributed by atoms with Gasteiger partial charge in [0.2, 0.25) is 0 Å². The van der Waals surface area contributed by atoms with Crippen LogP contribution in [-0.2, 0) is 0 Å². The van der Waals surface area contributed by atoms with E-state index in [1.54, 1.807) is 6.07 Å². The molecule has 2 nitrogen and oxygen atoms in total. The third-order valence-corrected chi connectivity index (χ3v) is 4.22. The molecule has 2 unspecified atom stereocenters. The largest absolute Gasteiger partial charge is 0.310 e. The monoisotopic (exact) mass is 264 g/mol. The van der Waals surface area contributed by atoms with Gasteiger partial charge in [0.05, 0.1) is 0 Å². The number of halogens is 1. The van der Waals surface area contributed by atoms with Crippen molar-refractivity contribution >= 4 is 0 Å². The first kappa shape index (κ1) is 14.5. The van der Waals surface area contributed by atoms with Crippen molar-refractivity contribution in [1.29, 1.82) is 0 Å². The lowest BCUT2D eigenvalue weighted by Crippen LogP contribution is -2.38. The van der Waals surface area contributed by atoms with Gasteiger partial charge in [0.15, 0.2) is 0 Å². The number of rotatable bonds is 5. The molecule has 2 atom stereocenters. The van der Waals surface area contributed by atoms with Crippen molar-refractivity contribution in [2.24, 2.45) is 0 Å². The van der Waals surface area contributed by atoms with E-state index in [0.29, 0.717) is 6.04 Å². The number of hydrogen-bond acceptors (Lipinski definition) is 2. The summed E-state index contributed by atoms with van der Waals surface area (Å²) >= 11 is 0. The topological polar surface area (TPSA) is 15.3 Å². The van der Waals surface area contributed by atoms with Gasteiger partial charge in [0.1, 0.15) is 5.82 Å². The highest BCUT2D eigenvalue weighted by atomic mass is 19.1. The molecule has 0 bridgehead atoms. The van der Waals surface area contributed by atoms with Crippen LogP contribution >= 0.6 is 0 Å². The molecule has 0 spiro atoms. The third-order valence-electron chi connectivity index (χ3n) is 4.22. The fourth-order valence-corrected chi connectivity index (χ4v) is 2.91. The van der Waals surface area contributed by atoms with Crippen molar-refractivity contribution in [1.82, 2.24) is 10.2 Å². The van der Waals surface area contributed by atoms with Gasteiger partial charge in [-0.3, -0.25) is 0 Å². The second-order valence-electron chi connectivity index (χ2n) is 5.62. The Kier molecular flexibility index (Phi) is 5.34. The second-order valence-corrected chi connectivity index (χ2v) is 5.62. The molecule has 3 heteroatoms. The van der Waals surface area contributed by atoms with Crippen LogP contribution < -0.4 is 5.32 Å². The summed E-state index contributed by atoms with van der Waals surface area (Å²) in [4.78, 5) is 2.46. The summed E-state index contributed by atoms with van der Waals surface area (Å²) in [6.07, 6.45) is 5.12. The molecule has 1 aliphatic rings. The summed E-state index contributed by atoms with van der Waals surface area (Å²) in [6.45, 7) is 4.20. The van der Waals surface area contributed by atoms with Gasteiger partial charge in [0.25, 0.3) is 0 Å². The smallest absolute Gasteiger partial charge is 0.127 e. The normalized spacial score (nSPS) is 22.4. The van der Waals surface area contributed by atoms with Gasteiger partial charge in [-0.05, 0) is 52.4 Å². The van der Waals surface area contributed by atoms with Gasteiger partial charge in [-0.1, -0.05) is 24.6 Å². The van der Waals surface area contributed by atoms with Crippen molar-refractivity contribution in [3.05, 3.63) is 35.6 Å². The summed E-state index contributed by atoms with van der Waals surface area (Å²) in [5.74, 6) is -0.114. The Morgan fingerprint density at radius 3 is 2.89 bits per heavy atom. The second kappa shape index (κ2) is 7.01. The van der Waals surface area contributed by atoms with Crippen molar-refractivity contribution in [3.8, 4) is 0 Å². The van der Waals surface area contributed by atoms with Crippen LogP contribution in [0.2, 0.25) is 0 Å². The molecule has 1 aromatic rings. The van der Waals surface area contributed by atoms with E-state index in [-0.39, 0.29) is 11.9 Å². The molecule has 0 saturated carbocycles. The predicted molar refractivity (Wildman–Crippen MR) is 77.7 cm³/mol. The van der Waals surface area contributed by atoms with E-state index in [2.05, 4.69) is 17.3 Å². The summed E-state index contributed by atoms with van der Waals surface area (Å²) in [5.41, 5.74) is 0.763. The van der Waals surface area contributed by atoms with Crippen LogP contribution in [0.5, 0.6) is 0 Å². The summed E-state index contributed by atoms with van der Waals surface area (Å²) in [6, 6.07) is 7.79. The molecule has 1 aromatic carbocycles. The standard InChI is InChI=1S/C16H25FN2/c1-13(15-8-3-4-9-16(15)17)18-11-10-14-7-5-6-12-19(14)2/h3-4,8-9,13-14,18H,5-7,10-12H2,1-2H3. The highest BCUT2D eigenvalue weighted by Gasteiger charge is 2.18. The highest BCUT2D eigenvalue weighted by molar-refractivity contribution is 5.20. The number of nitrogens with one attached hydrogen (secondary N) is 1. The maximum absolute atomic E-state index is 13.6. The molecular formula is C16H25FN2. The maximum Gasteiger partial charge on any atom is 0.127 e. The quantitative estimate of drug-likeness (QED) is 0.877. The first-order valence-electron chi connectivity index (χ1n) is 7.36. The lowest BCUT2D eigenvalue weighted by Gasteiger charge is -2.32. The number of piperidine rings is 1. The zero-order valence-electron chi connectivity index (χ0n) is 12.0. The Bertz CT molecular complexity index is 394. The van der Waals surface area contributed by atoms with Gasteiger partial charge in [0, 0.05) is 17.6 Å². The van der Waals surface area contributed by atoms with Gasteiger partial charge >= 0.3 is 0 Å². The predicted octanol–water partition coefficient (Wildman–Crippen LogP) is 3.35. The number of nitrogens with zero attached hydrogens (tertiary/aromatic N) is 1. The molecule has 0 amide bonds. The van der Waals surface area contributed by atoms with Crippen LogP contribution in [0.1, 0.15) is 44.2 Å². The van der Waals surface area contributed by atoms with Crippen molar-refractivity contribution < 1.29 is 4.39 Å². The van der Waals surface area contributed by atoms with Crippen LogP contribution in [0.4, 0.5) is 4.39 Å². The van der Waals surface area contributed by atoms with Crippen LogP contribution in [0.3, 0.4) is 0 Å². The van der Waals surface area contributed by atoms with Crippen LogP contribution in [0, 0.1) is 5.82 Å².